The van der Waals surface area contributed by atoms with E-state index < -0.39 is 41.1 Å². The van der Waals surface area contributed by atoms with Crippen molar-refractivity contribution >= 4 is 17.8 Å². The summed E-state index contributed by atoms with van der Waals surface area (Å²) in [7, 11) is 0. The Bertz CT molecular complexity index is 1540. The summed E-state index contributed by atoms with van der Waals surface area (Å²) in [5.41, 5.74) is 4.39. The highest BCUT2D eigenvalue weighted by Crippen LogP contribution is 2.31. The molecule has 0 aliphatic carbocycles. The number of hydrogen-bond donors (Lipinski definition) is 2. The van der Waals surface area contributed by atoms with Crippen LogP contribution in [0, 0.1) is 22.7 Å². The highest BCUT2D eigenvalue weighted by molar-refractivity contribution is 5.92. The summed E-state index contributed by atoms with van der Waals surface area (Å²) >= 11 is 0. The monoisotopic (exact) mass is 623 g/mol. The van der Waals surface area contributed by atoms with E-state index in [0.29, 0.717) is 24.8 Å². The molecule has 0 spiro atoms. The molecule has 1 saturated heterocycles. The average Bonchev–Trinajstić information content (AvgIpc) is 3.30. The first-order valence-corrected chi connectivity index (χ1v) is 15.9. The molecule has 4 rings (SSSR count). The van der Waals surface area contributed by atoms with Gasteiger partial charge < -0.3 is 20.1 Å². The first-order valence-electron chi connectivity index (χ1n) is 15.9. The Morgan fingerprint density at radius 2 is 1.48 bits per heavy atom. The normalized spacial score (nSPS) is 17.7. The third-order valence-corrected chi connectivity index (χ3v) is 8.26. The number of nitriles is 1. The first-order chi connectivity index (χ1) is 21.8. The standard InChI is InChI=1S/C38H45N3O5/c1-25(30-12-8-7-9-13-30)40-35(43)33(37(2,3)4)41-34(42)31(32-36(44)46-38(5,6)45-32)14-10-11-26-15-17-27(18-16-26)23-28-19-21-29(24-39)22-20-28/h7-9,12-13,15-22,25,31-33H,10-11,14,23H2,1-6H3,(H,40,43)(H,41,42)/t25-,31-,32+,33-/m1/s1. The Labute approximate surface area is 272 Å². The van der Waals surface area contributed by atoms with Gasteiger partial charge in [0.25, 0.3) is 0 Å². The number of cyclic esters (lactones) is 1. The van der Waals surface area contributed by atoms with Crippen molar-refractivity contribution in [3.8, 4) is 6.07 Å². The molecule has 3 aromatic carbocycles. The van der Waals surface area contributed by atoms with Crippen molar-refractivity contribution in [1.82, 2.24) is 10.6 Å². The molecule has 8 heteroatoms. The highest BCUT2D eigenvalue weighted by atomic mass is 16.8. The predicted molar refractivity (Wildman–Crippen MR) is 176 cm³/mol. The molecule has 0 unspecified atom stereocenters. The van der Waals surface area contributed by atoms with Gasteiger partial charge in [-0.15, -0.1) is 0 Å². The minimum Gasteiger partial charge on any atom is -0.432 e. The smallest absolute Gasteiger partial charge is 0.338 e. The Hall–Kier alpha value is -4.48. The van der Waals surface area contributed by atoms with Gasteiger partial charge in [-0.05, 0) is 72.4 Å². The zero-order valence-corrected chi connectivity index (χ0v) is 27.6. The van der Waals surface area contributed by atoms with E-state index in [0.717, 1.165) is 28.7 Å². The molecule has 0 radical (unpaired) electrons. The van der Waals surface area contributed by atoms with E-state index in [-0.39, 0.29) is 11.9 Å². The number of aryl methyl sites for hydroxylation is 1. The van der Waals surface area contributed by atoms with Crippen LogP contribution in [0.25, 0.3) is 0 Å². The number of amides is 2. The lowest BCUT2D eigenvalue weighted by Crippen LogP contribution is -2.56. The van der Waals surface area contributed by atoms with Crippen LogP contribution in [0.2, 0.25) is 0 Å². The summed E-state index contributed by atoms with van der Waals surface area (Å²) in [5.74, 6) is -3.27. The molecule has 2 N–H and O–H groups in total. The maximum Gasteiger partial charge on any atom is 0.338 e. The van der Waals surface area contributed by atoms with Crippen LogP contribution in [0.4, 0.5) is 0 Å². The van der Waals surface area contributed by atoms with E-state index in [4.69, 9.17) is 14.7 Å². The van der Waals surface area contributed by atoms with Crippen molar-refractivity contribution < 1.29 is 23.9 Å². The van der Waals surface area contributed by atoms with Crippen LogP contribution >= 0.6 is 0 Å². The van der Waals surface area contributed by atoms with Crippen LogP contribution in [0.5, 0.6) is 0 Å². The summed E-state index contributed by atoms with van der Waals surface area (Å²) in [6.45, 7) is 10.9. The second-order valence-corrected chi connectivity index (χ2v) is 13.6. The van der Waals surface area contributed by atoms with Gasteiger partial charge in [-0.25, -0.2) is 4.79 Å². The van der Waals surface area contributed by atoms with Crippen molar-refractivity contribution in [1.29, 1.82) is 5.26 Å². The Morgan fingerprint density at radius 3 is 2.02 bits per heavy atom. The summed E-state index contributed by atoms with van der Waals surface area (Å²) in [6, 6.07) is 26.6. The number of carbonyl (C=O) groups excluding carboxylic acids is 3. The molecule has 0 aromatic heterocycles. The third-order valence-electron chi connectivity index (χ3n) is 8.26. The second kappa shape index (κ2) is 14.7. The molecule has 242 valence electrons. The maximum atomic E-state index is 13.9. The number of esters is 1. The molecular formula is C38H45N3O5. The summed E-state index contributed by atoms with van der Waals surface area (Å²) in [6.07, 6.45) is 1.38. The molecule has 3 aromatic rings. The van der Waals surface area contributed by atoms with E-state index in [9.17, 15) is 14.4 Å². The number of rotatable bonds is 12. The van der Waals surface area contributed by atoms with Crippen LogP contribution in [-0.4, -0.2) is 35.7 Å². The molecule has 0 bridgehead atoms. The average molecular weight is 624 g/mol. The molecule has 0 saturated carbocycles. The minimum atomic E-state index is -1.14. The van der Waals surface area contributed by atoms with Crippen LogP contribution < -0.4 is 10.6 Å². The second-order valence-electron chi connectivity index (χ2n) is 13.6. The number of benzene rings is 3. The van der Waals surface area contributed by atoms with Gasteiger partial charge in [0.05, 0.1) is 23.6 Å². The number of ether oxygens (including phenoxy) is 2. The topological polar surface area (TPSA) is 118 Å². The lowest BCUT2D eigenvalue weighted by atomic mass is 9.84. The molecule has 46 heavy (non-hydrogen) atoms. The molecule has 4 atom stereocenters. The van der Waals surface area contributed by atoms with Gasteiger partial charge in [-0.3, -0.25) is 9.59 Å². The van der Waals surface area contributed by atoms with Crippen molar-refractivity contribution in [2.75, 3.05) is 0 Å². The van der Waals surface area contributed by atoms with Gasteiger partial charge in [0.15, 0.2) is 6.10 Å². The van der Waals surface area contributed by atoms with Gasteiger partial charge in [-0.2, -0.15) is 5.26 Å². The lowest BCUT2D eigenvalue weighted by Gasteiger charge is -2.33. The van der Waals surface area contributed by atoms with Crippen molar-refractivity contribution in [2.45, 2.75) is 91.2 Å². The van der Waals surface area contributed by atoms with Gasteiger partial charge in [0.2, 0.25) is 17.6 Å². The van der Waals surface area contributed by atoms with E-state index in [1.807, 2.05) is 82.3 Å². The fourth-order valence-corrected chi connectivity index (χ4v) is 5.67. The van der Waals surface area contributed by atoms with Crippen molar-refractivity contribution in [3.63, 3.8) is 0 Å². The predicted octanol–water partition coefficient (Wildman–Crippen LogP) is 6.17. The van der Waals surface area contributed by atoms with E-state index in [1.165, 1.54) is 0 Å². The van der Waals surface area contributed by atoms with Crippen LogP contribution in [0.15, 0.2) is 78.9 Å². The lowest BCUT2D eigenvalue weighted by molar-refractivity contribution is -0.162. The van der Waals surface area contributed by atoms with Gasteiger partial charge in [0, 0.05) is 13.8 Å². The number of nitrogens with zero attached hydrogens (tertiary/aromatic N) is 1. The first kappa shape index (κ1) is 34.4. The molecule has 1 aliphatic heterocycles. The largest absolute Gasteiger partial charge is 0.432 e. The van der Waals surface area contributed by atoms with Gasteiger partial charge in [0.1, 0.15) is 6.04 Å². The van der Waals surface area contributed by atoms with E-state index in [1.54, 1.807) is 13.8 Å². The van der Waals surface area contributed by atoms with Gasteiger partial charge in [-0.1, -0.05) is 87.5 Å². The van der Waals surface area contributed by atoms with Crippen LogP contribution in [0.3, 0.4) is 0 Å². The van der Waals surface area contributed by atoms with Crippen LogP contribution in [-0.2, 0) is 36.7 Å². The summed E-state index contributed by atoms with van der Waals surface area (Å²) in [4.78, 5) is 40.3. The highest BCUT2D eigenvalue weighted by Gasteiger charge is 2.48. The molecule has 1 heterocycles. The fraction of sp³-hybridized carbons (Fsp3) is 0.421. The fourth-order valence-electron chi connectivity index (χ4n) is 5.67. The van der Waals surface area contributed by atoms with Crippen LogP contribution in [0.1, 0.15) is 88.2 Å². The zero-order chi connectivity index (χ0) is 33.5. The Balaban J connectivity index is 1.43. The summed E-state index contributed by atoms with van der Waals surface area (Å²) in [5, 5.41) is 15.0. The van der Waals surface area contributed by atoms with Crippen molar-refractivity contribution in [2.24, 2.45) is 11.3 Å². The Kier molecular flexibility index (Phi) is 11.0. The molecule has 1 aliphatic rings. The number of hydrogen-bond acceptors (Lipinski definition) is 6. The Morgan fingerprint density at radius 1 is 0.891 bits per heavy atom. The van der Waals surface area contributed by atoms with E-state index in [2.05, 4.69) is 41.0 Å². The van der Waals surface area contributed by atoms with E-state index >= 15 is 0 Å². The zero-order valence-electron chi connectivity index (χ0n) is 27.6. The number of carbonyl (C=O) groups is 3. The molecule has 2 amide bonds. The third kappa shape index (κ3) is 9.27. The molecular weight excluding hydrogens is 578 g/mol. The van der Waals surface area contributed by atoms with Crippen molar-refractivity contribution in [3.05, 3.63) is 107 Å². The molecule has 8 nitrogen and oxygen atoms in total. The minimum absolute atomic E-state index is 0.254. The SMILES string of the molecule is C[C@@H](NC(=O)[C@@H](NC(=O)[C@H](CCCc1ccc(Cc2ccc(C#N)cc2)cc1)[C@@H]1OC(C)(C)OC1=O)C(C)(C)C)c1ccccc1. The number of nitrogens with one attached hydrogen (secondary N) is 2. The maximum absolute atomic E-state index is 13.9. The van der Waals surface area contributed by atoms with Gasteiger partial charge >= 0.3 is 5.97 Å². The molecule has 1 fully saturated rings. The summed E-state index contributed by atoms with van der Waals surface area (Å²) < 4.78 is 11.4. The quantitative estimate of drug-likeness (QED) is 0.233.